The number of phenols is 1. The molecule has 2 N–H and O–H groups in total. The molecule has 0 spiro atoms. The SMILES string of the molecule is O=C(Nc1cccc(O)c1)c1cc(Br)c(Br)s1. The number of thiophene rings is 1. The average molecular weight is 377 g/mol. The maximum atomic E-state index is 11.9. The lowest BCUT2D eigenvalue weighted by Crippen LogP contribution is -2.09. The van der Waals surface area contributed by atoms with Gasteiger partial charge < -0.3 is 10.4 Å². The molecule has 6 heteroatoms. The molecule has 0 fully saturated rings. The third-order valence-electron chi connectivity index (χ3n) is 1.97. The van der Waals surface area contributed by atoms with Crippen LogP contribution in [-0.4, -0.2) is 11.0 Å². The van der Waals surface area contributed by atoms with Gasteiger partial charge in [-0.3, -0.25) is 4.79 Å². The molecule has 0 radical (unpaired) electrons. The largest absolute Gasteiger partial charge is 0.508 e. The van der Waals surface area contributed by atoms with Gasteiger partial charge in [-0.15, -0.1) is 11.3 Å². The van der Waals surface area contributed by atoms with Gasteiger partial charge in [0.15, 0.2) is 0 Å². The Morgan fingerprint density at radius 2 is 2.06 bits per heavy atom. The smallest absolute Gasteiger partial charge is 0.265 e. The highest BCUT2D eigenvalue weighted by Crippen LogP contribution is 2.32. The van der Waals surface area contributed by atoms with Crippen molar-refractivity contribution in [1.29, 1.82) is 0 Å². The second kappa shape index (κ2) is 5.20. The normalized spacial score (nSPS) is 10.2. The van der Waals surface area contributed by atoms with Crippen LogP contribution >= 0.6 is 43.2 Å². The Bertz CT molecular complexity index is 549. The molecule has 88 valence electrons. The summed E-state index contributed by atoms with van der Waals surface area (Å²) >= 11 is 8.00. The average Bonchev–Trinajstić information content (AvgIpc) is 2.59. The molecule has 0 saturated carbocycles. The number of benzene rings is 1. The van der Waals surface area contributed by atoms with E-state index < -0.39 is 0 Å². The third kappa shape index (κ3) is 3.08. The topological polar surface area (TPSA) is 49.3 Å². The van der Waals surface area contributed by atoms with Crippen molar-refractivity contribution in [2.24, 2.45) is 0 Å². The van der Waals surface area contributed by atoms with Crippen molar-refractivity contribution in [2.45, 2.75) is 0 Å². The van der Waals surface area contributed by atoms with Gasteiger partial charge in [0.25, 0.3) is 5.91 Å². The first-order valence-corrected chi connectivity index (χ1v) is 7.02. The predicted octanol–water partition coefficient (Wildman–Crippen LogP) is 4.23. The molecule has 2 aromatic rings. The Kier molecular flexibility index (Phi) is 3.86. The molecule has 0 unspecified atom stereocenters. The van der Waals surface area contributed by atoms with Gasteiger partial charge in [0.2, 0.25) is 0 Å². The van der Waals surface area contributed by atoms with Gasteiger partial charge in [0.05, 0.1) is 8.66 Å². The molecule has 0 atom stereocenters. The summed E-state index contributed by atoms with van der Waals surface area (Å²) in [6, 6.07) is 8.18. The van der Waals surface area contributed by atoms with Crippen LogP contribution in [0.2, 0.25) is 0 Å². The minimum Gasteiger partial charge on any atom is -0.508 e. The van der Waals surface area contributed by atoms with E-state index in [9.17, 15) is 9.90 Å². The van der Waals surface area contributed by atoms with Crippen LogP contribution in [0.3, 0.4) is 0 Å². The van der Waals surface area contributed by atoms with Gasteiger partial charge in [-0.05, 0) is 50.1 Å². The van der Waals surface area contributed by atoms with Crippen molar-refractivity contribution in [3.05, 3.63) is 43.5 Å². The van der Waals surface area contributed by atoms with E-state index in [0.29, 0.717) is 10.6 Å². The molecule has 1 heterocycles. The number of nitrogens with one attached hydrogen (secondary N) is 1. The highest BCUT2D eigenvalue weighted by Gasteiger charge is 2.12. The Morgan fingerprint density at radius 1 is 1.29 bits per heavy atom. The van der Waals surface area contributed by atoms with Crippen molar-refractivity contribution < 1.29 is 9.90 Å². The lowest BCUT2D eigenvalue weighted by atomic mass is 10.3. The standard InChI is InChI=1S/C11H7Br2NO2S/c12-8-5-9(17-10(8)13)11(16)14-6-2-1-3-7(15)4-6/h1-5,15H,(H,14,16). The van der Waals surface area contributed by atoms with E-state index in [4.69, 9.17) is 0 Å². The van der Waals surface area contributed by atoms with Crippen LogP contribution in [0, 0.1) is 0 Å². The van der Waals surface area contributed by atoms with Gasteiger partial charge in [-0.1, -0.05) is 6.07 Å². The predicted molar refractivity (Wildman–Crippen MR) is 75.8 cm³/mol. The quantitative estimate of drug-likeness (QED) is 0.823. The van der Waals surface area contributed by atoms with Crippen molar-refractivity contribution in [3.63, 3.8) is 0 Å². The van der Waals surface area contributed by atoms with Gasteiger partial charge in [-0.25, -0.2) is 0 Å². The molecule has 0 bridgehead atoms. The van der Waals surface area contributed by atoms with Gasteiger partial charge >= 0.3 is 0 Å². The Balaban J connectivity index is 2.17. The van der Waals surface area contributed by atoms with Crippen LogP contribution < -0.4 is 5.32 Å². The lowest BCUT2D eigenvalue weighted by molar-refractivity contribution is 0.103. The Hall–Kier alpha value is -0.850. The summed E-state index contributed by atoms with van der Waals surface area (Å²) in [6.07, 6.45) is 0. The third-order valence-corrected chi connectivity index (χ3v) is 5.23. The number of halogens is 2. The summed E-state index contributed by atoms with van der Waals surface area (Å²) in [7, 11) is 0. The fourth-order valence-corrected chi connectivity index (χ4v) is 3.17. The monoisotopic (exact) mass is 375 g/mol. The summed E-state index contributed by atoms with van der Waals surface area (Å²) in [5.41, 5.74) is 0.565. The van der Waals surface area contributed by atoms with Crippen molar-refractivity contribution in [1.82, 2.24) is 0 Å². The first-order valence-electron chi connectivity index (χ1n) is 4.61. The minimum absolute atomic E-state index is 0.122. The fraction of sp³-hybridized carbons (Fsp3) is 0. The van der Waals surface area contributed by atoms with Crippen LogP contribution in [0.15, 0.2) is 38.6 Å². The molecule has 0 aliphatic heterocycles. The summed E-state index contributed by atoms with van der Waals surface area (Å²) in [4.78, 5) is 12.5. The zero-order chi connectivity index (χ0) is 12.4. The molecule has 17 heavy (non-hydrogen) atoms. The molecular formula is C11H7Br2NO2S. The van der Waals surface area contributed by atoms with Crippen LogP contribution in [0.1, 0.15) is 9.67 Å². The van der Waals surface area contributed by atoms with E-state index in [1.807, 2.05) is 0 Å². The van der Waals surface area contributed by atoms with E-state index in [0.717, 1.165) is 8.26 Å². The maximum Gasteiger partial charge on any atom is 0.265 e. The number of carbonyl (C=O) groups is 1. The van der Waals surface area contributed by atoms with E-state index in [2.05, 4.69) is 37.2 Å². The molecule has 0 aliphatic carbocycles. The lowest BCUT2D eigenvalue weighted by Gasteiger charge is -2.03. The number of hydrogen-bond donors (Lipinski definition) is 2. The first kappa shape index (κ1) is 12.6. The van der Waals surface area contributed by atoms with Crippen LogP contribution in [0.5, 0.6) is 5.75 Å². The number of anilines is 1. The molecule has 1 amide bonds. The van der Waals surface area contributed by atoms with E-state index in [1.54, 1.807) is 24.3 Å². The second-order valence-corrected chi connectivity index (χ2v) is 6.46. The summed E-state index contributed by atoms with van der Waals surface area (Å²) in [5.74, 6) is -0.0802. The highest BCUT2D eigenvalue weighted by molar-refractivity contribution is 9.13. The minimum atomic E-state index is -0.202. The Labute approximate surface area is 119 Å². The van der Waals surface area contributed by atoms with Gasteiger partial charge in [0.1, 0.15) is 5.75 Å². The highest BCUT2D eigenvalue weighted by atomic mass is 79.9. The summed E-state index contributed by atoms with van der Waals surface area (Å²) in [5, 5.41) is 12.0. The van der Waals surface area contributed by atoms with Crippen LogP contribution in [-0.2, 0) is 0 Å². The zero-order valence-electron chi connectivity index (χ0n) is 8.41. The van der Waals surface area contributed by atoms with Crippen LogP contribution in [0.25, 0.3) is 0 Å². The molecular weight excluding hydrogens is 370 g/mol. The molecule has 0 saturated heterocycles. The molecule has 1 aromatic carbocycles. The second-order valence-electron chi connectivity index (χ2n) is 3.24. The van der Waals surface area contributed by atoms with E-state index in [1.165, 1.54) is 17.4 Å². The van der Waals surface area contributed by atoms with Crippen LogP contribution in [0.4, 0.5) is 5.69 Å². The number of rotatable bonds is 2. The first-order chi connectivity index (χ1) is 8.06. The maximum absolute atomic E-state index is 11.9. The molecule has 3 nitrogen and oxygen atoms in total. The molecule has 1 aromatic heterocycles. The summed E-state index contributed by atoms with van der Waals surface area (Å²) in [6.45, 7) is 0. The Morgan fingerprint density at radius 3 is 2.65 bits per heavy atom. The van der Waals surface area contributed by atoms with Crippen molar-refractivity contribution in [2.75, 3.05) is 5.32 Å². The molecule has 2 rings (SSSR count). The zero-order valence-corrected chi connectivity index (χ0v) is 12.4. The number of aromatic hydroxyl groups is 1. The fourth-order valence-electron chi connectivity index (χ4n) is 1.23. The number of phenolic OH excluding ortho intramolecular Hbond substituents is 1. The molecule has 0 aliphatic rings. The number of hydrogen-bond acceptors (Lipinski definition) is 3. The van der Waals surface area contributed by atoms with Gasteiger partial charge in [0, 0.05) is 16.2 Å². The number of amides is 1. The van der Waals surface area contributed by atoms with Crippen molar-refractivity contribution >= 4 is 54.8 Å². The van der Waals surface area contributed by atoms with Gasteiger partial charge in [-0.2, -0.15) is 0 Å². The van der Waals surface area contributed by atoms with E-state index in [-0.39, 0.29) is 11.7 Å². The van der Waals surface area contributed by atoms with Crippen molar-refractivity contribution in [3.8, 4) is 5.75 Å². The summed E-state index contributed by atoms with van der Waals surface area (Å²) < 4.78 is 1.72. The van der Waals surface area contributed by atoms with E-state index >= 15 is 0 Å². The number of carbonyl (C=O) groups excluding carboxylic acids is 1.